The highest BCUT2D eigenvalue weighted by atomic mass is 32.2. The Labute approximate surface area is 100 Å². The molecule has 0 saturated heterocycles. The highest BCUT2D eigenvalue weighted by Crippen LogP contribution is 2.42. The van der Waals surface area contributed by atoms with Crippen LogP contribution in [-0.4, -0.2) is 16.5 Å². The van der Waals surface area contributed by atoms with Crippen molar-refractivity contribution in [2.75, 3.05) is 5.75 Å². The third-order valence-electron chi connectivity index (χ3n) is 2.73. The number of carbonyl (C=O) groups is 1. The second-order valence-electron chi connectivity index (χ2n) is 4.24. The van der Waals surface area contributed by atoms with E-state index in [1.165, 1.54) is 17.3 Å². The van der Waals surface area contributed by atoms with Crippen LogP contribution in [0.3, 0.4) is 0 Å². The fourth-order valence-corrected chi connectivity index (χ4v) is 2.35. The van der Waals surface area contributed by atoms with Crippen LogP contribution < -0.4 is 0 Å². The number of ether oxygens (including phenoxy) is 1. The maximum Gasteiger partial charge on any atom is 0.185 e. The van der Waals surface area contributed by atoms with Gasteiger partial charge in [-0.05, 0) is 18.4 Å². The summed E-state index contributed by atoms with van der Waals surface area (Å²) in [6.45, 7) is 2.26. The normalized spacial score (nSPS) is 17.1. The molecule has 2 nitrogen and oxygen atoms in total. The highest BCUT2D eigenvalue weighted by molar-refractivity contribution is 8.13. The zero-order chi connectivity index (χ0) is 11.4. The van der Waals surface area contributed by atoms with E-state index in [1.54, 1.807) is 6.92 Å². The molecule has 0 spiro atoms. The molecule has 1 saturated carbocycles. The van der Waals surface area contributed by atoms with Crippen molar-refractivity contribution in [3.05, 3.63) is 35.9 Å². The van der Waals surface area contributed by atoms with Crippen molar-refractivity contribution in [1.29, 1.82) is 0 Å². The van der Waals surface area contributed by atoms with E-state index in [0.717, 1.165) is 18.6 Å². The summed E-state index contributed by atoms with van der Waals surface area (Å²) in [6, 6.07) is 10.2. The molecule has 16 heavy (non-hydrogen) atoms. The van der Waals surface area contributed by atoms with Crippen molar-refractivity contribution < 1.29 is 9.53 Å². The second-order valence-corrected chi connectivity index (χ2v) is 5.39. The molecule has 0 radical (unpaired) electrons. The summed E-state index contributed by atoms with van der Waals surface area (Å²) >= 11 is 1.37. The third kappa shape index (κ3) is 3.35. The maximum absolute atomic E-state index is 10.9. The third-order valence-corrected chi connectivity index (χ3v) is 3.81. The van der Waals surface area contributed by atoms with Crippen molar-refractivity contribution >= 4 is 16.9 Å². The van der Waals surface area contributed by atoms with Crippen LogP contribution in [-0.2, 0) is 16.1 Å². The average molecular weight is 236 g/mol. The van der Waals surface area contributed by atoms with Gasteiger partial charge in [-0.25, -0.2) is 0 Å². The number of rotatable bonds is 5. The van der Waals surface area contributed by atoms with Gasteiger partial charge in [0.1, 0.15) is 0 Å². The first kappa shape index (κ1) is 11.7. The summed E-state index contributed by atoms with van der Waals surface area (Å²) in [6.07, 6.45) is 2.17. The Balaban J connectivity index is 1.79. The Morgan fingerprint density at radius 3 is 2.62 bits per heavy atom. The monoisotopic (exact) mass is 236 g/mol. The largest absolute Gasteiger partial charge is 0.369 e. The van der Waals surface area contributed by atoms with Gasteiger partial charge in [-0.3, -0.25) is 4.79 Å². The molecule has 0 aromatic heterocycles. The molecule has 1 aliphatic carbocycles. The molecule has 0 unspecified atom stereocenters. The lowest BCUT2D eigenvalue weighted by Gasteiger charge is -2.15. The van der Waals surface area contributed by atoms with Crippen molar-refractivity contribution in [1.82, 2.24) is 0 Å². The van der Waals surface area contributed by atoms with Gasteiger partial charge in [-0.1, -0.05) is 42.1 Å². The molecule has 86 valence electrons. The number of thioether (sulfide) groups is 1. The standard InChI is InChI=1S/C13H16O2S/c1-11(14)16-10-13(7-8-13)15-9-12-5-3-2-4-6-12/h2-6H,7-10H2,1H3. The summed E-state index contributed by atoms with van der Waals surface area (Å²) in [4.78, 5) is 10.9. The van der Waals surface area contributed by atoms with Gasteiger partial charge in [0.05, 0.1) is 12.2 Å². The highest BCUT2D eigenvalue weighted by Gasteiger charge is 2.44. The molecule has 1 aromatic rings. The van der Waals surface area contributed by atoms with E-state index in [4.69, 9.17) is 4.74 Å². The molecule has 0 bridgehead atoms. The Morgan fingerprint density at radius 1 is 1.38 bits per heavy atom. The Morgan fingerprint density at radius 2 is 2.06 bits per heavy atom. The predicted molar refractivity (Wildman–Crippen MR) is 66.3 cm³/mol. The molecule has 0 aliphatic heterocycles. The lowest BCUT2D eigenvalue weighted by molar-refractivity contribution is -0.109. The van der Waals surface area contributed by atoms with Crippen molar-refractivity contribution in [2.45, 2.75) is 32.0 Å². The second kappa shape index (κ2) is 5.02. The van der Waals surface area contributed by atoms with Crippen LogP contribution in [0.4, 0.5) is 0 Å². The Hall–Kier alpha value is -0.800. The first-order valence-electron chi connectivity index (χ1n) is 5.51. The zero-order valence-corrected chi connectivity index (χ0v) is 10.3. The molecule has 1 fully saturated rings. The fourth-order valence-electron chi connectivity index (χ4n) is 1.51. The fraction of sp³-hybridized carbons (Fsp3) is 0.462. The molecule has 0 atom stereocenters. The first-order valence-corrected chi connectivity index (χ1v) is 6.50. The predicted octanol–water partition coefficient (Wildman–Crippen LogP) is 3.02. The lowest BCUT2D eigenvalue weighted by atomic mass is 10.2. The number of benzene rings is 1. The topological polar surface area (TPSA) is 26.3 Å². The van der Waals surface area contributed by atoms with Crippen molar-refractivity contribution in [3.8, 4) is 0 Å². The van der Waals surface area contributed by atoms with Crippen molar-refractivity contribution in [3.63, 3.8) is 0 Å². The SMILES string of the molecule is CC(=O)SCC1(OCc2ccccc2)CC1. The van der Waals surface area contributed by atoms with Gasteiger partial charge in [0.25, 0.3) is 0 Å². The van der Waals surface area contributed by atoms with E-state index in [0.29, 0.717) is 6.61 Å². The number of hydrogen-bond donors (Lipinski definition) is 0. The van der Waals surface area contributed by atoms with Crippen LogP contribution in [0.25, 0.3) is 0 Å². The van der Waals surface area contributed by atoms with E-state index in [-0.39, 0.29) is 10.7 Å². The van der Waals surface area contributed by atoms with Gasteiger partial charge >= 0.3 is 0 Å². The van der Waals surface area contributed by atoms with Crippen LogP contribution in [0.15, 0.2) is 30.3 Å². The minimum atomic E-state index is -0.0216. The van der Waals surface area contributed by atoms with Gasteiger partial charge in [0.15, 0.2) is 5.12 Å². The van der Waals surface area contributed by atoms with Gasteiger partial charge < -0.3 is 4.74 Å². The van der Waals surface area contributed by atoms with Gasteiger partial charge in [0, 0.05) is 12.7 Å². The first-order chi connectivity index (χ1) is 7.70. The van der Waals surface area contributed by atoms with Crippen molar-refractivity contribution in [2.24, 2.45) is 0 Å². The molecule has 2 rings (SSSR count). The van der Waals surface area contributed by atoms with Crippen LogP contribution in [0, 0.1) is 0 Å². The molecular formula is C13H16O2S. The van der Waals surface area contributed by atoms with Crippen LogP contribution in [0.1, 0.15) is 25.3 Å². The van der Waals surface area contributed by atoms with Gasteiger partial charge in [-0.15, -0.1) is 0 Å². The lowest BCUT2D eigenvalue weighted by Crippen LogP contribution is -2.18. The molecule has 1 aromatic carbocycles. The van der Waals surface area contributed by atoms with E-state index in [1.807, 2.05) is 18.2 Å². The summed E-state index contributed by atoms with van der Waals surface area (Å²) in [7, 11) is 0. The number of hydrogen-bond acceptors (Lipinski definition) is 3. The minimum Gasteiger partial charge on any atom is -0.369 e. The van der Waals surface area contributed by atoms with E-state index in [9.17, 15) is 4.79 Å². The zero-order valence-electron chi connectivity index (χ0n) is 9.44. The average Bonchev–Trinajstić information content (AvgIpc) is 3.06. The van der Waals surface area contributed by atoms with Crippen LogP contribution in [0.2, 0.25) is 0 Å². The number of carbonyl (C=O) groups excluding carboxylic acids is 1. The molecule has 1 aliphatic rings. The quantitative estimate of drug-likeness (QED) is 0.786. The molecule has 3 heteroatoms. The van der Waals surface area contributed by atoms with E-state index >= 15 is 0 Å². The van der Waals surface area contributed by atoms with E-state index in [2.05, 4.69) is 12.1 Å². The maximum atomic E-state index is 10.9. The minimum absolute atomic E-state index is 0.0216. The van der Waals surface area contributed by atoms with Crippen LogP contribution in [0.5, 0.6) is 0 Å². The van der Waals surface area contributed by atoms with Gasteiger partial charge in [0.2, 0.25) is 0 Å². The van der Waals surface area contributed by atoms with Gasteiger partial charge in [-0.2, -0.15) is 0 Å². The smallest absolute Gasteiger partial charge is 0.185 e. The van der Waals surface area contributed by atoms with Crippen LogP contribution >= 0.6 is 11.8 Å². The molecule has 0 heterocycles. The molecule has 0 N–H and O–H groups in total. The molecular weight excluding hydrogens is 220 g/mol. The summed E-state index contributed by atoms with van der Waals surface area (Å²) in [5.41, 5.74) is 1.17. The summed E-state index contributed by atoms with van der Waals surface area (Å²) < 4.78 is 5.90. The Kier molecular flexibility index (Phi) is 3.66. The summed E-state index contributed by atoms with van der Waals surface area (Å²) in [5.74, 6) is 0.801. The Bertz CT molecular complexity index is 357. The molecule has 0 amide bonds. The summed E-state index contributed by atoms with van der Waals surface area (Å²) in [5, 5.41) is 0.176. The van der Waals surface area contributed by atoms with E-state index < -0.39 is 0 Å².